The number of nitrogens with two attached hydrogens (primary N) is 1. The highest BCUT2D eigenvalue weighted by Gasteiger charge is 2.35. The topological polar surface area (TPSA) is 46.3 Å². The molecule has 0 radical (unpaired) electrons. The van der Waals surface area contributed by atoms with E-state index in [1.807, 2.05) is 18.7 Å². The van der Waals surface area contributed by atoms with Gasteiger partial charge in [-0.05, 0) is 37.5 Å². The Morgan fingerprint density at radius 2 is 1.76 bits per heavy atom. The van der Waals surface area contributed by atoms with E-state index >= 15 is 0 Å². The lowest BCUT2D eigenvalue weighted by Gasteiger charge is -2.38. The molecule has 0 aromatic heterocycles. The van der Waals surface area contributed by atoms with E-state index in [1.54, 1.807) is 0 Å². The summed E-state index contributed by atoms with van der Waals surface area (Å²) in [6.45, 7) is 10.3. The Kier molecular flexibility index (Phi) is 4.99. The van der Waals surface area contributed by atoms with E-state index in [-0.39, 0.29) is 5.91 Å². The zero-order chi connectivity index (χ0) is 13.1. The van der Waals surface area contributed by atoms with Crippen LogP contribution in [-0.2, 0) is 4.79 Å². The minimum Gasteiger partial charge on any atom is -0.341 e. The van der Waals surface area contributed by atoms with Gasteiger partial charge in [-0.1, -0.05) is 27.7 Å². The van der Waals surface area contributed by atoms with Crippen molar-refractivity contribution in [2.24, 2.45) is 17.6 Å². The van der Waals surface area contributed by atoms with Crippen LogP contribution in [0.1, 0.15) is 53.4 Å². The molecule has 1 amide bonds. The van der Waals surface area contributed by atoms with Crippen molar-refractivity contribution >= 4 is 5.91 Å². The molecule has 1 rings (SSSR count). The smallest absolute Gasteiger partial charge is 0.242 e. The largest absolute Gasteiger partial charge is 0.341 e. The Hall–Kier alpha value is -0.570. The zero-order valence-corrected chi connectivity index (χ0v) is 11.8. The second-order valence-corrected chi connectivity index (χ2v) is 5.74. The highest BCUT2D eigenvalue weighted by atomic mass is 16.2. The molecular weight excluding hydrogens is 212 g/mol. The number of carbonyl (C=O) groups is 1. The van der Waals surface area contributed by atoms with Crippen molar-refractivity contribution in [2.45, 2.75) is 58.9 Å². The quantitative estimate of drug-likeness (QED) is 0.820. The Morgan fingerprint density at radius 1 is 1.29 bits per heavy atom. The number of hydrogen-bond acceptors (Lipinski definition) is 2. The normalized spacial score (nSPS) is 18.8. The van der Waals surface area contributed by atoms with Crippen LogP contribution in [0.5, 0.6) is 0 Å². The summed E-state index contributed by atoms with van der Waals surface area (Å²) >= 11 is 0. The highest BCUT2D eigenvalue weighted by Crippen LogP contribution is 2.26. The molecule has 0 saturated carbocycles. The lowest BCUT2D eigenvalue weighted by Crippen LogP contribution is -2.56. The average molecular weight is 240 g/mol. The van der Waals surface area contributed by atoms with Crippen LogP contribution in [0.3, 0.4) is 0 Å². The molecule has 0 aromatic rings. The Morgan fingerprint density at radius 3 is 2.12 bits per heavy atom. The molecule has 3 nitrogen and oxygen atoms in total. The first-order valence-electron chi connectivity index (χ1n) is 7.02. The molecule has 0 aliphatic carbocycles. The van der Waals surface area contributed by atoms with Gasteiger partial charge < -0.3 is 10.6 Å². The first-order valence-corrected chi connectivity index (χ1v) is 7.02. The fourth-order valence-corrected chi connectivity index (χ4v) is 2.64. The van der Waals surface area contributed by atoms with Gasteiger partial charge in [0.25, 0.3) is 0 Å². The minimum absolute atomic E-state index is 0.157. The molecule has 1 saturated heterocycles. The van der Waals surface area contributed by atoms with Gasteiger partial charge in [0.1, 0.15) is 0 Å². The molecule has 0 unspecified atom stereocenters. The Balaban J connectivity index is 2.57. The SMILES string of the molecule is CCC(N)(CC)C(=O)N1CCC(C(C)C)CC1. The third-order valence-electron chi connectivity index (χ3n) is 4.46. The van der Waals surface area contributed by atoms with Crippen LogP contribution in [0.4, 0.5) is 0 Å². The van der Waals surface area contributed by atoms with Crippen LogP contribution in [0.15, 0.2) is 0 Å². The van der Waals surface area contributed by atoms with Gasteiger partial charge in [0.2, 0.25) is 5.91 Å². The molecule has 1 fully saturated rings. The highest BCUT2D eigenvalue weighted by molar-refractivity contribution is 5.86. The predicted molar refractivity (Wildman–Crippen MR) is 71.6 cm³/mol. The molecule has 1 heterocycles. The Bertz CT molecular complexity index is 251. The van der Waals surface area contributed by atoms with Crippen LogP contribution in [0.25, 0.3) is 0 Å². The molecule has 1 aliphatic rings. The van der Waals surface area contributed by atoms with Gasteiger partial charge >= 0.3 is 0 Å². The van der Waals surface area contributed by atoms with E-state index in [4.69, 9.17) is 5.73 Å². The molecule has 0 bridgehead atoms. The van der Waals surface area contributed by atoms with Crippen molar-refractivity contribution in [3.05, 3.63) is 0 Å². The summed E-state index contributed by atoms with van der Waals surface area (Å²) in [7, 11) is 0. The van der Waals surface area contributed by atoms with Gasteiger partial charge in [-0.2, -0.15) is 0 Å². The van der Waals surface area contributed by atoms with Crippen molar-refractivity contribution in [3.63, 3.8) is 0 Å². The van der Waals surface area contributed by atoms with Gasteiger partial charge in [0.15, 0.2) is 0 Å². The summed E-state index contributed by atoms with van der Waals surface area (Å²) in [5.41, 5.74) is 5.54. The van der Waals surface area contributed by atoms with Crippen LogP contribution < -0.4 is 5.73 Å². The summed E-state index contributed by atoms with van der Waals surface area (Å²) in [4.78, 5) is 14.3. The predicted octanol–water partition coefficient (Wildman–Crippen LogP) is 2.40. The van der Waals surface area contributed by atoms with Crippen LogP contribution >= 0.6 is 0 Å². The zero-order valence-electron chi connectivity index (χ0n) is 11.8. The molecule has 100 valence electrons. The van der Waals surface area contributed by atoms with Crippen LogP contribution in [0.2, 0.25) is 0 Å². The maximum absolute atomic E-state index is 12.4. The third kappa shape index (κ3) is 3.21. The Labute approximate surface area is 106 Å². The standard InChI is InChI=1S/C14H28N2O/c1-5-14(15,6-2)13(17)16-9-7-12(8-10-16)11(3)4/h11-12H,5-10,15H2,1-4H3. The van der Waals surface area contributed by atoms with E-state index in [0.717, 1.165) is 50.6 Å². The molecular formula is C14H28N2O. The first kappa shape index (κ1) is 14.5. The summed E-state index contributed by atoms with van der Waals surface area (Å²) in [5, 5.41) is 0. The number of carbonyl (C=O) groups excluding carboxylic acids is 1. The number of likely N-dealkylation sites (tertiary alicyclic amines) is 1. The van der Waals surface area contributed by atoms with Gasteiger partial charge in [-0.25, -0.2) is 0 Å². The number of hydrogen-bond donors (Lipinski definition) is 1. The van der Waals surface area contributed by atoms with Crippen molar-refractivity contribution in [1.82, 2.24) is 4.90 Å². The molecule has 0 spiro atoms. The fourth-order valence-electron chi connectivity index (χ4n) is 2.64. The van der Waals surface area contributed by atoms with Crippen molar-refractivity contribution in [2.75, 3.05) is 13.1 Å². The van der Waals surface area contributed by atoms with Gasteiger partial charge in [-0.3, -0.25) is 4.79 Å². The molecule has 17 heavy (non-hydrogen) atoms. The summed E-state index contributed by atoms with van der Waals surface area (Å²) in [6, 6.07) is 0. The molecule has 0 aromatic carbocycles. The van der Waals surface area contributed by atoms with Crippen molar-refractivity contribution in [1.29, 1.82) is 0 Å². The van der Waals surface area contributed by atoms with E-state index in [0.29, 0.717) is 0 Å². The van der Waals surface area contributed by atoms with Crippen molar-refractivity contribution in [3.8, 4) is 0 Å². The second kappa shape index (κ2) is 5.85. The lowest BCUT2D eigenvalue weighted by atomic mass is 9.85. The van der Waals surface area contributed by atoms with Gasteiger partial charge in [0.05, 0.1) is 5.54 Å². The van der Waals surface area contributed by atoms with Crippen molar-refractivity contribution < 1.29 is 4.79 Å². The number of piperidine rings is 1. The maximum Gasteiger partial charge on any atom is 0.242 e. The number of nitrogens with zero attached hydrogens (tertiary/aromatic N) is 1. The van der Waals surface area contributed by atoms with E-state index in [9.17, 15) is 4.79 Å². The monoisotopic (exact) mass is 240 g/mol. The number of rotatable bonds is 4. The second-order valence-electron chi connectivity index (χ2n) is 5.74. The minimum atomic E-state index is -0.634. The first-order chi connectivity index (χ1) is 7.94. The van der Waals surface area contributed by atoms with Crippen LogP contribution in [0, 0.1) is 11.8 Å². The number of amides is 1. The summed E-state index contributed by atoms with van der Waals surface area (Å²) < 4.78 is 0. The molecule has 0 atom stereocenters. The maximum atomic E-state index is 12.4. The average Bonchev–Trinajstić information content (AvgIpc) is 2.37. The molecule has 1 aliphatic heterocycles. The molecule has 3 heteroatoms. The van der Waals surface area contributed by atoms with E-state index in [2.05, 4.69) is 13.8 Å². The van der Waals surface area contributed by atoms with Gasteiger partial charge in [0, 0.05) is 13.1 Å². The molecule has 2 N–H and O–H groups in total. The van der Waals surface area contributed by atoms with Crippen LogP contribution in [-0.4, -0.2) is 29.4 Å². The fraction of sp³-hybridized carbons (Fsp3) is 0.929. The van der Waals surface area contributed by atoms with E-state index < -0.39 is 5.54 Å². The summed E-state index contributed by atoms with van der Waals surface area (Å²) in [6.07, 6.45) is 3.72. The summed E-state index contributed by atoms with van der Waals surface area (Å²) in [5.74, 6) is 1.66. The third-order valence-corrected chi connectivity index (χ3v) is 4.46. The lowest BCUT2D eigenvalue weighted by molar-refractivity contribution is -0.139. The van der Waals surface area contributed by atoms with Gasteiger partial charge in [-0.15, -0.1) is 0 Å². The van der Waals surface area contributed by atoms with E-state index in [1.165, 1.54) is 0 Å².